The number of nitrogens with zero attached hydrogens (tertiary/aromatic N) is 4. The number of para-hydroxylation sites is 2. The van der Waals surface area contributed by atoms with Crippen molar-refractivity contribution in [3.05, 3.63) is 92.3 Å². The second-order valence-electron chi connectivity index (χ2n) is 14.3. The molecule has 62 heavy (non-hydrogen) atoms. The second kappa shape index (κ2) is 25.4. The molecular weight excluding hydrogens is 807 g/mol. The summed E-state index contributed by atoms with van der Waals surface area (Å²) in [6, 6.07) is 13.4. The van der Waals surface area contributed by atoms with Crippen LogP contribution in [-0.4, -0.2) is 107 Å². The molecule has 2 aromatic carbocycles. The lowest BCUT2D eigenvalue weighted by Crippen LogP contribution is -2.48. The van der Waals surface area contributed by atoms with Crippen LogP contribution in [0.5, 0.6) is 0 Å². The molecule has 0 fully saturated rings. The minimum Gasteiger partial charge on any atom is -0.365 e. The van der Waals surface area contributed by atoms with Crippen LogP contribution >= 0.6 is 0 Å². The van der Waals surface area contributed by atoms with Crippen molar-refractivity contribution in [3.8, 4) is 0 Å². The molecule has 2 heterocycles. The average molecular weight is 862 g/mol. The molecule has 334 valence electrons. The number of H-pyrrole nitrogens is 2. The van der Waals surface area contributed by atoms with Crippen LogP contribution in [0.15, 0.2) is 70.9 Å². The predicted molar refractivity (Wildman–Crippen MR) is 232 cm³/mol. The number of nitrogens with two attached hydrogens (primary N) is 2. The number of hydrogen-bond acceptors (Lipinski definition) is 11. The summed E-state index contributed by atoms with van der Waals surface area (Å²) in [7, 11) is 0. The maximum absolute atomic E-state index is 13.2. The standard InChI is InChI=1S/C39H55N15O8/c40-38(51-53(59)60)45-18-8-14-32(49-34(55)22-26-24-47-30-12-4-2-10-28(26)30)36(57)43-17-7-1-6-16-42-20-21-44-37(58)33(15-9-19-46-39(41)52-54(61)62)50-35(56)23-27-25-48-31-13-5-3-11-29(27)31/h2-5,10-13,24-25,32-33,42,47-48H,1,6-9,14-23H2,(H,43,57)(H,44,58)(H,49,55)(H,50,56)(H3,40,45,51)(H3,41,46,52)/t32-,33-/m1/s1. The molecule has 0 saturated heterocycles. The van der Waals surface area contributed by atoms with Crippen LogP contribution in [0.2, 0.25) is 0 Å². The molecule has 0 aliphatic heterocycles. The highest BCUT2D eigenvalue weighted by molar-refractivity contribution is 5.93. The first-order chi connectivity index (χ1) is 29.9. The van der Waals surface area contributed by atoms with E-state index in [1.165, 1.54) is 0 Å². The predicted octanol–water partition coefficient (Wildman–Crippen LogP) is 0.149. The van der Waals surface area contributed by atoms with Crippen LogP contribution in [0.3, 0.4) is 0 Å². The Hall–Kier alpha value is -7.30. The fourth-order valence-electron chi connectivity index (χ4n) is 6.59. The molecule has 0 aliphatic rings. The zero-order chi connectivity index (χ0) is 44.7. The van der Waals surface area contributed by atoms with E-state index in [-0.39, 0.29) is 74.3 Å². The van der Waals surface area contributed by atoms with E-state index in [1.807, 2.05) is 48.5 Å². The maximum atomic E-state index is 13.2. The third-order valence-electron chi connectivity index (χ3n) is 9.56. The molecule has 4 rings (SSSR count). The number of carbonyl (C=O) groups is 4. The van der Waals surface area contributed by atoms with Crippen LogP contribution in [0.1, 0.15) is 56.1 Å². The molecule has 0 saturated carbocycles. The van der Waals surface area contributed by atoms with Gasteiger partial charge in [0.05, 0.1) is 12.8 Å². The van der Waals surface area contributed by atoms with Crippen molar-refractivity contribution in [1.29, 1.82) is 0 Å². The molecule has 13 N–H and O–H groups in total. The Morgan fingerprint density at radius 2 is 1.06 bits per heavy atom. The third kappa shape index (κ3) is 16.8. The zero-order valence-corrected chi connectivity index (χ0v) is 34.2. The smallest absolute Gasteiger partial charge is 0.251 e. The first kappa shape index (κ1) is 47.4. The number of amides is 4. The molecule has 0 radical (unpaired) electrons. The van der Waals surface area contributed by atoms with E-state index < -0.39 is 22.1 Å². The fraction of sp³-hybridized carbons (Fsp3) is 0.436. The highest BCUT2D eigenvalue weighted by atomic mass is 16.7. The van der Waals surface area contributed by atoms with Crippen LogP contribution in [0.25, 0.3) is 21.8 Å². The number of hydrogen-bond donors (Lipinski definition) is 11. The lowest BCUT2D eigenvalue weighted by molar-refractivity contribution is -0.525. The molecule has 0 spiro atoms. The Morgan fingerprint density at radius 3 is 1.55 bits per heavy atom. The van der Waals surface area contributed by atoms with Crippen LogP contribution in [0.4, 0.5) is 0 Å². The molecule has 0 aliphatic carbocycles. The minimum atomic E-state index is -0.874. The summed E-state index contributed by atoms with van der Waals surface area (Å²) in [5.74, 6) is -2.15. The molecular formula is C39H55N15O8. The summed E-state index contributed by atoms with van der Waals surface area (Å²) in [4.78, 5) is 87.6. The topological polar surface area (TPSA) is 347 Å². The quantitative estimate of drug-likeness (QED) is 0.0125. The summed E-state index contributed by atoms with van der Waals surface area (Å²) >= 11 is 0. The van der Waals surface area contributed by atoms with E-state index in [4.69, 9.17) is 11.5 Å². The normalized spacial score (nSPS) is 12.6. The van der Waals surface area contributed by atoms with Gasteiger partial charge in [0, 0.05) is 66.9 Å². The number of nitro groups is 2. The number of guanidine groups is 2. The fourth-order valence-corrected chi connectivity index (χ4v) is 6.59. The number of carbonyl (C=O) groups excluding carboxylic acids is 4. The van der Waals surface area contributed by atoms with Crippen LogP contribution < -0.4 is 48.9 Å². The molecule has 0 bridgehead atoms. The highest BCUT2D eigenvalue weighted by Crippen LogP contribution is 2.19. The van der Waals surface area contributed by atoms with Crippen LogP contribution in [0, 0.1) is 20.2 Å². The van der Waals surface area contributed by atoms with Gasteiger partial charge in [-0.3, -0.25) is 19.2 Å². The molecule has 23 nitrogen and oxygen atoms in total. The highest BCUT2D eigenvalue weighted by Gasteiger charge is 2.22. The van der Waals surface area contributed by atoms with Gasteiger partial charge in [-0.2, -0.15) is 0 Å². The van der Waals surface area contributed by atoms with Crippen molar-refractivity contribution in [2.75, 3.05) is 39.3 Å². The van der Waals surface area contributed by atoms with Gasteiger partial charge in [0.1, 0.15) is 12.1 Å². The number of aliphatic imine (C=N–C) groups is 2. The van der Waals surface area contributed by atoms with Crippen molar-refractivity contribution in [3.63, 3.8) is 0 Å². The van der Waals surface area contributed by atoms with Gasteiger partial charge in [-0.1, -0.05) is 53.7 Å². The number of rotatable bonds is 27. The van der Waals surface area contributed by atoms with Crippen LogP contribution in [-0.2, 0) is 32.0 Å². The van der Waals surface area contributed by atoms with Crippen molar-refractivity contribution in [1.82, 2.24) is 47.4 Å². The van der Waals surface area contributed by atoms with Gasteiger partial charge in [0.15, 0.2) is 10.1 Å². The van der Waals surface area contributed by atoms with Crippen molar-refractivity contribution >= 4 is 57.4 Å². The number of aromatic amines is 2. The first-order valence-corrected chi connectivity index (χ1v) is 20.3. The number of hydrazine groups is 2. The van der Waals surface area contributed by atoms with Gasteiger partial charge in [0.25, 0.3) is 11.9 Å². The van der Waals surface area contributed by atoms with E-state index >= 15 is 0 Å². The summed E-state index contributed by atoms with van der Waals surface area (Å²) in [5, 5.41) is 35.9. The number of aromatic nitrogens is 2. The maximum Gasteiger partial charge on any atom is 0.251 e. The Kier molecular flexibility index (Phi) is 19.4. The minimum absolute atomic E-state index is 0.0550. The largest absolute Gasteiger partial charge is 0.365 e. The first-order valence-electron chi connectivity index (χ1n) is 20.3. The van der Waals surface area contributed by atoms with E-state index in [2.05, 4.69) is 46.5 Å². The van der Waals surface area contributed by atoms with Gasteiger partial charge >= 0.3 is 0 Å². The van der Waals surface area contributed by atoms with Crippen molar-refractivity contribution in [2.24, 2.45) is 21.5 Å². The summed E-state index contributed by atoms with van der Waals surface area (Å²) in [6.45, 7) is 1.98. The van der Waals surface area contributed by atoms with Gasteiger partial charge < -0.3 is 48.0 Å². The van der Waals surface area contributed by atoms with Gasteiger partial charge in [-0.05, 0) is 68.3 Å². The van der Waals surface area contributed by atoms with E-state index in [1.54, 1.807) is 23.2 Å². The molecule has 4 amide bonds. The second-order valence-corrected chi connectivity index (χ2v) is 14.3. The zero-order valence-electron chi connectivity index (χ0n) is 34.2. The monoisotopic (exact) mass is 861 g/mol. The molecule has 4 aromatic rings. The number of nitrogens with one attached hydrogen (secondary N) is 9. The van der Waals surface area contributed by atoms with Gasteiger partial charge in [-0.25, -0.2) is 30.2 Å². The summed E-state index contributed by atoms with van der Waals surface area (Å²) < 4.78 is 0. The molecule has 0 unspecified atom stereocenters. The Labute approximate surface area is 356 Å². The Morgan fingerprint density at radius 1 is 0.613 bits per heavy atom. The number of fused-ring (bicyclic) bond motifs is 2. The Balaban J connectivity index is 1.16. The van der Waals surface area contributed by atoms with E-state index in [0.29, 0.717) is 45.4 Å². The lowest BCUT2D eigenvalue weighted by atomic mass is 10.1. The van der Waals surface area contributed by atoms with E-state index in [9.17, 15) is 39.4 Å². The lowest BCUT2D eigenvalue weighted by Gasteiger charge is -2.19. The number of unbranched alkanes of at least 4 members (excludes halogenated alkanes) is 2. The van der Waals surface area contributed by atoms with Gasteiger partial charge in [-0.15, -0.1) is 0 Å². The Bertz CT molecular complexity index is 2030. The third-order valence-corrected chi connectivity index (χ3v) is 9.56. The van der Waals surface area contributed by atoms with E-state index in [0.717, 1.165) is 45.8 Å². The molecule has 23 heteroatoms. The summed E-state index contributed by atoms with van der Waals surface area (Å²) in [5.41, 5.74) is 17.9. The average Bonchev–Trinajstić information content (AvgIpc) is 3.83. The van der Waals surface area contributed by atoms with Crippen molar-refractivity contribution < 1.29 is 29.2 Å². The van der Waals surface area contributed by atoms with Gasteiger partial charge in [0.2, 0.25) is 23.6 Å². The molecule has 2 aromatic heterocycles. The molecule has 2 atom stereocenters. The van der Waals surface area contributed by atoms with Crippen molar-refractivity contribution in [2.45, 2.75) is 69.9 Å². The SMILES string of the molecule is NC(=NCCC[C@@H](NC(=O)Cc1c[nH]c2ccccc12)C(=O)NCCCCCNCCNC(=O)[C@@H](CCCN=C(N)N[N+](=O)[O-])NC(=O)Cc1c[nH]c2ccccc12)N[N+](=O)[O-]. The number of benzene rings is 2. The summed E-state index contributed by atoms with van der Waals surface area (Å²) in [6.07, 6.45) is 6.97.